The van der Waals surface area contributed by atoms with Gasteiger partial charge in [-0.25, -0.2) is 9.79 Å². The first-order chi connectivity index (χ1) is 18.8. The van der Waals surface area contributed by atoms with Crippen LogP contribution in [-0.4, -0.2) is 47.4 Å². The molecule has 1 aliphatic heterocycles. The topological polar surface area (TPSA) is 97.7 Å². The van der Waals surface area contributed by atoms with Crippen LogP contribution in [0.15, 0.2) is 75.0 Å². The summed E-state index contributed by atoms with van der Waals surface area (Å²) in [6, 6.07) is 17.4. The van der Waals surface area contributed by atoms with Crippen molar-refractivity contribution < 1.29 is 28.9 Å². The van der Waals surface area contributed by atoms with Gasteiger partial charge in [0.25, 0.3) is 5.91 Å². The third kappa shape index (κ3) is 6.82. The van der Waals surface area contributed by atoms with Crippen LogP contribution in [-0.2, 0) is 11.3 Å². The number of carboxylic acids is 1. The molecule has 1 fully saturated rings. The molecule has 1 saturated heterocycles. The van der Waals surface area contributed by atoms with Crippen LogP contribution in [0.1, 0.15) is 35.3 Å². The number of hydrogen-bond donors (Lipinski definition) is 1. The lowest BCUT2D eigenvalue weighted by molar-refractivity contribution is -0.122. The Morgan fingerprint density at radius 1 is 1.03 bits per heavy atom. The van der Waals surface area contributed by atoms with E-state index in [1.807, 2.05) is 38.1 Å². The molecule has 1 N–H and O–H groups in total. The number of rotatable bonds is 10. The van der Waals surface area contributed by atoms with Crippen LogP contribution in [0.2, 0.25) is 0 Å². The fourth-order valence-electron chi connectivity index (χ4n) is 3.77. The fraction of sp³-hybridized carbons (Fsp3) is 0.207. The van der Waals surface area contributed by atoms with Crippen molar-refractivity contribution in [3.63, 3.8) is 0 Å². The van der Waals surface area contributed by atoms with E-state index >= 15 is 0 Å². The van der Waals surface area contributed by atoms with Gasteiger partial charge in [0, 0.05) is 4.47 Å². The standard InChI is InChI=1S/C29H27BrN2O6S/c1-4-37-24-14-20(23(30)16-25(24)38-5-2)15-26-27(33)32(17-18-6-8-19(9-7-18)28(34)35)29(39-26)31-21-10-12-22(36-3)13-11-21/h6-16H,4-5,17H2,1-3H3,(H,34,35)/b26-15-,31-29?. The summed E-state index contributed by atoms with van der Waals surface area (Å²) in [4.78, 5) is 31.7. The molecule has 10 heteroatoms. The smallest absolute Gasteiger partial charge is 0.335 e. The minimum Gasteiger partial charge on any atom is -0.497 e. The zero-order valence-corrected chi connectivity index (χ0v) is 24.0. The maximum Gasteiger partial charge on any atom is 0.335 e. The fourth-order valence-corrected chi connectivity index (χ4v) is 5.20. The van der Waals surface area contributed by atoms with E-state index in [4.69, 9.17) is 19.2 Å². The summed E-state index contributed by atoms with van der Waals surface area (Å²) in [6.07, 6.45) is 1.80. The molecule has 3 aromatic rings. The van der Waals surface area contributed by atoms with Gasteiger partial charge in [-0.2, -0.15) is 0 Å². The van der Waals surface area contributed by atoms with Crippen molar-refractivity contribution in [3.05, 3.63) is 86.7 Å². The van der Waals surface area contributed by atoms with Crippen LogP contribution in [0.25, 0.3) is 6.08 Å². The molecular formula is C29H27BrN2O6S. The van der Waals surface area contributed by atoms with Crippen LogP contribution in [0.4, 0.5) is 5.69 Å². The van der Waals surface area contributed by atoms with E-state index in [0.717, 1.165) is 15.6 Å². The lowest BCUT2D eigenvalue weighted by Gasteiger charge is -2.16. The third-order valence-electron chi connectivity index (χ3n) is 5.68. The Labute approximate surface area is 239 Å². The highest BCUT2D eigenvalue weighted by Gasteiger charge is 2.34. The highest BCUT2D eigenvalue weighted by Crippen LogP contribution is 2.39. The van der Waals surface area contributed by atoms with Gasteiger partial charge in [0.05, 0.1) is 43.0 Å². The number of aromatic carboxylic acids is 1. The molecule has 1 heterocycles. The summed E-state index contributed by atoms with van der Waals surface area (Å²) < 4.78 is 17.5. The predicted octanol–water partition coefficient (Wildman–Crippen LogP) is 6.76. The highest BCUT2D eigenvalue weighted by molar-refractivity contribution is 9.10. The first kappa shape index (κ1) is 28.3. The molecule has 0 unspecified atom stereocenters. The number of carboxylic acid groups (broad SMARTS) is 1. The van der Waals surface area contributed by atoms with Gasteiger partial charge in [-0.1, -0.05) is 28.1 Å². The van der Waals surface area contributed by atoms with Gasteiger partial charge in [-0.3, -0.25) is 9.69 Å². The third-order valence-corrected chi connectivity index (χ3v) is 7.37. The average molecular weight is 612 g/mol. The van der Waals surface area contributed by atoms with Crippen molar-refractivity contribution in [1.82, 2.24) is 4.90 Å². The second-order valence-corrected chi connectivity index (χ2v) is 10.1. The highest BCUT2D eigenvalue weighted by atomic mass is 79.9. The van der Waals surface area contributed by atoms with Gasteiger partial charge in [-0.05, 0) is 91.3 Å². The van der Waals surface area contributed by atoms with E-state index in [-0.39, 0.29) is 18.0 Å². The number of benzene rings is 3. The number of carbonyl (C=O) groups is 2. The Kier molecular flexibility index (Phi) is 9.32. The lowest BCUT2D eigenvalue weighted by atomic mass is 10.1. The predicted molar refractivity (Wildman–Crippen MR) is 156 cm³/mol. The second-order valence-electron chi connectivity index (χ2n) is 8.28. The molecule has 0 bridgehead atoms. The van der Waals surface area contributed by atoms with E-state index in [9.17, 15) is 14.7 Å². The van der Waals surface area contributed by atoms with E-state index in [0.29, 0.717) is 46.2 Å². The Hall–Kier alpha value is -3.76. The second kappa shape index (κ2) is 12.9. The number of amidine groups is 1. The molecule has 8 nitrogen and oxygen atoms in total. The Balaban J connectivity index is 1.71. The molecule has 0 aromatic heterocycles. The van der Waals surface area contributed by atoms with Crippen LogP contribution in [0, 0.1) is 0 Å². The van der Waals surface area contributed by atoms with Gasteiger partial charge in [0.15, 0.2) is 16.7 Å². The molecule has 39 heavy (non-hydrogen) atoms. The molecule has 1 amide bonds. The minimum atomic E-state index is -1.01. The first-order valence-electron chi connectivity index (χ1n) is 12.2. The number of methoxy groups -OCH3 is 1. The number of halogens is 1. The van der Waals surface area contributed by atoms with Crippen molar-refractivity contribution in [3.8, 4) is 17.2 Å². The number of aliphatic imine (C=N–C) groups is 1. The Bertz CT molecular complexity index is 1420. The van der Waals surface area contributed by atoms with Gasteiger partial charge >= 0.3 is 5.97 Å². The maximum absolute atomic E-state index is 13.7. The molecule has 202 valence electrons. The van der Waals surface area contributed by atoms with E-state index in [1.165, 1.54) is 23.9 Å². The minimum absolute atomic E-state index is 0.180. The monoisotopic (exact) mass is 610 g/mol. The molecule has 3 aromatic carbocycles. The van der Waals surface area contributed by atoms with E-state index in [1.54, 1.807) is 42.4 Å². The number of ether oxygens (including phenoxy) is 3. The molecule has 0 radical (unpaired) electrons. The number of hydrogen-bond acceptors (Lipinski definition) is 7. The SMILES string of the molecule is CCOc1cc(Br)c(/C=C2\SC(=Nc3ccc(OC)cc3)N(Cc3ccc(C(=O)O)cc3)C2=O)cc1OCC. The number of carbonyl (C=O) groups excluding carboxylic acids is 1. The van der Waals surface area contributed by atoms with Crippen LogP contribution in [0.5, 0.6) is 17.2 Å². The lowest BCUT2D eigenvalue weighted by Crippen LogP contribution is -2.28. The zero-order valence-electron chi connectivity index (χ0n) is 21.6. The van der Waals surface area contributed by atoms with Crippen molar-refractivity contribution in [2.45, 2.75) is 20.4 Å². The molecule has 0 aliphatic carbocycles. The van der Waals surface area contributed by atoms with E-state index in [2.05, 4.69) is 15.9 Å². The number of thioether (sulfide) groups is 1. The average Bonchev–Trinajstić information content (AvgIpc) is 3.21. The Morgan fingerprint density at radius 2 is 1.67 bits per heavy atom. The molecule has 0 atom stereocenters. The first-order valence-corrected chi connectivity index (χ1v) is 13.8. The molecular weight excluding hydrogens is 584 g/mol. The summed E-state index contributed by atoms with van der Waals surface area (Å²) >= 11 is 4.86. The summed E-state index contributed by atoms with van der Waals surface area (Å²) in [7, 11) is 1.59. The van der Waals surface area contributed by atoms with Crippen LogP contribution < -0.4 is 14.2 Å². The van der Waals surface area contributed by atoms with Gasteiger partial charge < -0.3 is 19.3 Å². The quantitative estimate of drug-likeness (QED) is 0.253. The summed E-state index contributed by atoms with van der Waals surface area (Å²) in [5, 5.41) is 9.72. The van der Waals surface area contributed by atoms with Gasteiger partial charge in [-0.15, -0.1) is 0 Å². The molecule has 0 saturated carbocycles. The summed E-state index contributed by atoms with van der Waals surface area (Å²) in [5.74, 6) is 0.692. The van der Waals surface area contributed by atoms with Crippen molar-refractivity contribution in [2.75, 3.05) is 20.3 Å². The van der Waals surface area contributed by atoms with Crippen molar-refractivity contribution in [1.29, 1.82) is 0 Å². The van der Waals surface area contributed by atoms with Gasteiger partial charge in [0.1, 0.15) is 5.75 Å². The van der Waals surface area contributed by atoms with Crippen molar-refractivity contribution in [2.24, 2.45) is 4.99 Å². The largest absolute Gasteiger partial charge is 0.497 e. The normalized spacial score (nSPS) is 15.2. The van der Waals surface area contributed by atoms with E-state index < -0.39 is 5.97 Å². The Morgan fingerprint density at radius 3 is 2.26 bits per heavy atom. The molecule has 0 spiro atoms. The number of nitrogens with zero attached hydrogens (tertiary/aromatic N) is 2. The zero-order chi connectivity index (χ0) is 27.9. The number of amides is 1. The summed E-state index contributed by atoms with van der Waals surface area (Å²) in [6.45, 7) is 5.00. The maximum atomic E-state index is 13.7. The molecule has 1 aliphatic rings. The molecule has 4 rings (SSSR count). The van der Waals surface area contributed by atoms with Crippen LogP contribution >= 0.6 is 27.7 Å². The van der Waals surface area contributed by atoms with Crippen LogP contribution in [0.3, 0.4) is 0 Å². The van der Waals surface area contributed by atoms with Gasteiger partial charge in [0.2, 0.25) is 0 Å². The van der Waals surface area contributed by atoms with Crippen molar-refractivity contribution >= 4 is 56.5 Å². The summed E-state index contributed by atoms with van der Waals surface area (Å²) in [5.41, 5.74) is 2.38.